The minimum atomic E-state index is -0.922. The summed E-state index contributed by atoms with van der Waals surface area (Å²) in [6.07, 6.45) is 0.427. The van der Waals surface area contributed by atoms with E-state index in [4.69, 9.17) is 16.2 Å². The molecule has 3 rings (SSSR count). The van der Waals surface area contributed by atoms with E-state index in [0.29, 0.717) is 19.4 Å². The Hall–Kier alpha value is -3.19. The van der Waals surface area contributed by atoms with Gasteiger partial charge in [0.15, 0.2) is 5.78 Å². The number of fused-ring (bicyclic) bond motifs is 3. The molecule has 7 nitrogen and oxygen atoms in total. The summed E-state index contributed by atoms with van der Waals surface area (Å²) in [7, 11) is 0. The summed E-state index contributed by atoms with van der Waals surface area (Å²) >= 11 is 0. The number of hydrogen-bond donors (Lipinski definition) is 3. The molecule has 0 heterocycles. The van der Waals surface area contributed by atoms with Crippen molar-refractivity contribution in [1.82, 2.24) is 5.32 Å². The van der Waals surface area contributed by atoms with Gasteiger partial charge in [-0.2, -0.15) is 0 Å². The van der Waals surface area contributed by atoms with Gasteiger partial charge in [-0.1, -0.05) is 62.4 Å². The number of nitrogens with two attached hydrogens (primary N) is 2. The number of Topliss-reactive ketones (excluding diaryl/α,β-unsaturated/α-hetero) is 1. The molecule has 0 aliphatic heterocycles. The van der Waals surface area contributed by atoms with Gasteiger partial charge >= 0.3 is 6.09 Å². The predicted molar refractivity (Wildman–Crippen MR) is 123 cm³/mol. The number of carbonyl (C=O) groups excluding carboxylic acids is 3. The van der Waals surface area contributed by atoms with Gasteiger partial charge in [-0.15, -0.1) is 0 Å². The third-order valence-electron chi connectivity index (χ3n) is 6.00. The van der Waals surface area contributed by atoms with Crippen LogP contribution in [0.15, 0.2) is 48.5 Å². The Balaban J connectivity index is 1.43. The third kappa shape index (κ3) is 5.34. The van der Waals surface area contributed by atoms with E-state index in [0.717, 1.165) is 11.1 Å². The molecule has 2 aromatic carbocycles. The number of nitrogens with one attached hydrogen (secondary N) is 1. The van der Waals surface area contributed by atoms with Gasteiger partial charge in [-0.3, -0.25) is 9.59 Å². The van der Waals surface area contributed by atoms with Gasteiger partial charge in [0.2, 0.25) is 5.91 Å². The van der Waals surface area contributed by atoms with Gasteiger partial charge in [-0.05, 0) is 35.1 Å². The van der Waals surface area contributed by atoms with E-state index in [9.17, 15) is 14.4 Å². The molecular formula is C25H31N3O4. The number of carbonyl (C=O) groups is 3. The van der Waals surface area contributed by atoms with E-state index < -0.39 is 23.5 Å². The van der Waals surface area contributed by atoms with Crippen LogP contribution in [0.3, 0.4) is 0 Å². The highest BCUT2D eigenvalue weighted by molar-refractivity contribution is 5.90. The molecule has 170 valence electrons. The number of rotatable bonds is 10. The fourth-order valence-electron chi connectivity index (χ4n) is 3.98. The van der Waals surface area contributed by atoms with Crippen molar-refractivity contribution in [2.24, 2.45) is 16.9 Å². The number of hydrogen-bond acceptors (Lipinski definition) is 5. The van der Waals surface area contributed by atoms with Crippen molar-refractivity contribution in [3.8, 4) is 11.1 Å². The van der Waals surface area contributed by atoms with E-state index in [1.54, 1.807) is 13.8 Å². The second-order valence-electron chi connectivity index (χ2n) is 8.89. The van der Waals surface area contributed by atoms with Crippen molar-refractivity contribution in [3.63, 3.8) is 0 Å². The van der Waals surface area contributed by atoms with Crippen LogP contribution in [0.1, 0.15) is 50.2 Å². The summed E-state index contributed by atoms with van der Waals surface area (Å²) in [5.74, 6) is -0.738. The fourth-order valence-corrected chi connectivity index (χ4v) is 3.98. The van der Waals surface area contributed by atoms with Crippen molar-refractivity contribution in [2.45, 2.75) is 45.1 Å². The average molecular weight is 438 g/mol. The average Bonchev–Trinajstić information content (AvgIpc) is 3.08. The molecule has 0 aromatic heterocycles. The maximum absolute atomic E-state index is 12.2. The normalized spacial score (nSPS) is 13.7. The Morgan fingerprint density at radius 1 is 1.03 bits per heavy atom. The van der Waals surface area contributed by atoms with Crippen LogP contribution < -0.4 is 16.8 Å². The molecule has 0 bridgehead atoms. The molecule has 1 atom stereocenters. The van der Waals surface area contributed by atoms with E-state index in [-0.39, 0.29) is 24.7 Å². The summed E-state index contributed by atoms with van der Waals surface area (Å²) in [4.78, 5) is 35.8. The van der Waals surface area contributed by atoms with Crippen LogP contribution in [0.25, 0.3) is 11.1 Å². The Bertz CT molecular complexity index is 957. The standard InChI is InChI=1S/C25H31N3O4/c1-25(2,23(27)30)14-22(29)21(26)12-7-13-28-24(31)32-15-20-18-10-5-3-8-16(18)17-9-4-6-11-19(17)20/h3-6,8-11,20-21H,7,12-15,26H2,1-2H3,(H2,27,30)(H,28,31)/t21-/m0/s1. The molecular weight excluding hydrogens is 406 g/mol. The molecule has 1 aliphatic carbocycles. The monoisotopic (exact) mass is 437 g/mol. The van der Waals surface area contributed by atoms with Crippen molar-refractivity contribution < 1.29 is 19.1 Å². The van der Waals surface area contributed by atoms with Crippen molar-refractivity contribution >= 4 is 17.8 Å². The largest absolute Gasteiger partial charge is 0.449 e. The number of amides is 2. The first kappa shape index (κ1) is 23.5. The Morgan fingerprint density at radius 3 is 2.16 bits per heavy atom. The number of ketones is 1. The summed E-state index contributed by atoms with van der Waals surface area (Å²) in [5, 5.41) is 2.71. The topological polar surface area (TPSA) is 125 Å². The van der Waals surface area contributed by atoms with Crippen LogP contribution in [0, 0.1) is 5.41 Å². The minimum absolute atomic E-state index is 0.00328. The van der Waals surface area contributed by atoms with Crippen molar-refractivity contribution in [1.29, 1.82) is 0 Å². The Morgan fingerprint density at radius 2 is 1.59 bits per heavy atom. The van der Waals surface area contributed by atoms with Gasteiger partial charge in [0.05, 0.1) is 11.5 Å². The molecule has 5 N–H and O–H groups in total. The van der Waals surface area contributed by atoms with Gasteiger partial charge < -0.3 is 21.5 Å². The number of alkyl carbamates (subject to hydrolysis) is 1. The third-order valence-corrected chi connectivity index (χ3v) is 6.00. The second kappa shape index (κ2) is 9.96. The van der Waals surface area contributed by atoms with E-state index in [1.165, 1.54) is 11.1 Å². The SMILES string of the molecule is CC(C)(CC(=O)[C@@H](N)CCCNC(=O)OCC1c2ccccc2-c2ccccc21)C(N)=O. The Kier molecular flexibility index (Phi) is 7.30. The maximum atomic E-state index is 12.2. The lowest BCUT2D eigenvalue weighted by molar-refractivity contribution is -0.132. The first-order chi connectivity index (χ1) is 15.2. The molecule has 0 fully saturated rings. The molecule has 1 aliphatic rings. The zero-order chi connectivity index (χ0) is 23.3. The van der Waals surface area contributed by atoms with Crippen molar-refractivity contribution in [2.75, 3.05) is 13.2 Å². The lowest BCUT2D eigenvalue weighted by atomic mass is 9.84. The summed E-state index contributed by atoms with van der Waals surface area (Å²) in [5.41, 5.74) is 15.0. The van der Waals surface area contributed by atoms with Crippen molar-refractivity contribution in [3.05, 3.63) is 59.7 Å². The predicted octanol–water partition coefficient (Wildman–Crippen LogP) is 3.10. The van der Waals surface area contributed by atoms with Crippen LogP contribution in [0.4, 0.5) is 4.79 Å². The molecule has 32 heavy (non-hydrogen) atoms. The molecule has 0 unspecified atom stereocenters. The molecule has 2 amide bonds. The first-order valence-electron chi connectivity index (χ1n) is 10.9. The number of primary amides is 1. The zero-order valence-electron chi connectivity index (χ0n) is 18.6. The highest BCUT2D eigenvalue weighted by atomic mass is 16.5. The second-order valence-corrected chi connectivity index (χ2v) is 8.89. The number of ether oxygens (including phenoxy) is 1. The van der Waals surface area contributed by atoms with Crippen LogP contribution in [-0.4, -0.2) is 37.0 Å². The highest BCUT2D eigenvalue weighted by Crippen LogP contribution is 2.44. The van der Waals surface area contributed by atoms with E-state index in [1.807, 2.05) is 24.3 Å². The molecule has 0 saturated carbocycles. The summed E-state index contributed by atoms with van der Waals surface area (Å²) < 4.78 is 5.49. The first-order valence-corrected chi connectivity index (χ1v) is 10.9. The lowest BCUT2D eigenvalue weighted by Crippen LogP contribution is -2.39. The van der Waals surface area contributed by atoms with Gasteiger partial charge in [0.1, 0.15) is 6.61 Å². The van der Waals surface area contributed by atoms with Gasteiger partial charge in [0.25, 0.3) is 0 Å². The summed E-state index contributed by atoms with van der Waals surface area (Å²) in [6.45, 7) is 3.84. The zero-order valence-corrected chi connectivity index (χ0v) is 18.6. The minimum Gasteiger partial charge on any atom is -0.449 e. The van der Waals surface area contributed by atoms with Crippen LogP contribution in [0.5, 0.6) is 0 Å². The number of benzene rings is 2. The molecule has 0 saturated heterocycles. The van der Waals surface area contributed by atoms with Crippen LogP contribution in [-0.2, 0) is 14.3 Å². The highest BCUT2D eigenvalue weighted by Gasteiger charge is 2.30. The van der Waals surface area contributed by atoms with Gasteiger partial charge in [0, 0.05) is 18.9 Å². The van der Waals surface area contributed by atoms with Crippen LogP contribution in [0.2, 0.25) is 0 Å². The molecule has 0 spiro atoms. The van der Waals surface area contributed by atoms with E-state index in [2.05, 4.69) is 29.6 Å². The fraction of sp³-hybridized carbons (Fsp3) is 0.400. The molecule has 7 heteroatoms. The smallest absolute Gasteiger partial charge is 0.407 e. The molecule has 0 radical (unpaired) electrons. The van der Waals surface area contributed by atoms with Gasteiger partial charge in [-0.25, -0.2) is 4.79 Å². The molecule has 2 aromatic rings. The lowest BCUT2D eigenvalue weighted by Gasteiger charge is -2.21. The Labute approximate surface area is 188 Å². The van der Waals surface area contributed by atoms with E-state index >= 15 is 0 Å². The summed E-state index contributed by atoms with van der Waals surface area (Å²) in [6, 6.07) is 15.6. The maximum Gasteiger partial charge on any atom is 0.407 e. The quantitative estimate of drug-likeness (QED) is 0.493. The van der Waals surface area contributed by atoms with Crippen LogP contribution >= 0.6 is 0 Å².